The van der Waals surface area contributed by atoms with E-state index >= 15 is 0 Å². The van der Waals surface area contributed by atoms with Gasteiger partial charge in [-0.2, -0.15) is 5.10 Å². The van der Waals surface area contributed by atoms with Crippen molar-refractivity contribution in [2.24, 2.45) is 7.05 Å². The van der Waals surface area contributed by atoms with E-state index in [0.29, 0.717) is 17.1 Å². The zero-order valence-corrected chi connectivity index (χ0v) is 9.59. The van der Waals surface area contributed by atoms with E-state index in [1.54, 1.807) is 35.4 Å². The van der Waals surface area contributed by atoms with Crippen molar-refractivity contribution in [3.8, 4) is 0 Å². The molecule has 0 bridgehead atoms. The first-order chi connectivity index (χ1) is 7.66. The molecule has 5 heteroatoms. The largest absolute Gasteiger partial charge is 0.386 e. The molecule has 0 aromatic carbocycles. The molecule has 2 rings (SSSR count). The zero-order valence-electron chi connectivity index (χ0n) is 8.84. The number of hydrogen-bond donors (Lipinski definition) is 1. The zero-order chi connectivity index (χ0) is 11.5. The van der Waals surface area contributed by atoms with Crippen molar-refractivity contribution >= 4 is 11.6 Å². The molecule has 84 valence electrons. The predicted molar refractivity (Wildman–Crippen MR) is 61.1 cm³/mol. The third-order valence-electron chi connectivity index (χ3n) is 2.35. The van der Waals surface area contributed by atoms with Crippen molar-refractivity contribution in [2.75, 3.05) is 0 Å². The van der Waals surface area contributed by atoms with Gasteiger partial charge >= 0.3 is 0 Å². The fraction of sp³-hybridized carbons (Fsp3) is 0.273. The smallest absolute Gasteiger partial charge is 0.102 e. The van der Waals surface area contributed by atoms with Crippen molar-refractivity contribution in [3.63, 3.8) is 0 Å². The molecule has 1 N–H and O–H groups in total. The van der Waals surface area contributed by atoms with Crippen molar-refractivity contribution in [1.82, 2.24) is 14.8 Å². The van der Waals surface area contributed by atoms with Crippen molar-refractivity contribution in [2.45, 2.75) is 12.5 Å². The Morgan fingerprint density at radius 2 is 2.31 bits per heavy atom. The summed E-state index contributed by atoms with van der Waals surface area (Å²) in [6.45, 7) is 0. The quantitative estimate of drug-likeness (QED) is 0.885. The van der Waals surface area contributed by atoms with Crippen LogP contribution in [-0.4, -0.2) is 19.9 Å². The Kier molecular flexibility index (Phi) is 3.22. The lowest BCUT2D eigenvalue weighted by Gasteiger charge is -2.08. The van der Waals surface area contributed by atoms with Crippen LogP contribution in [0.2, 0.25) is 5.02 Å². The van der Waals surface area contributed by atoms with Gasteiger partial charge in [-0.05, 0) is 17.7 Å². The summed E-state index contributed by atoms with van der Waals surface area (Å²) in [5.74, 6) is 0. The van der Waals surface area contributed by atoms with Gasteiger partial charge in [-0.15, -0.1) is 0 Å². The van der Waals surface area contributed by atoms with Gasteiger partial charge in [0.25, 0.3) is 0 Å². The van der Waals surface area contributed by atoms with Gasteiger partial charge in [0.15, 0.2) is 0 Å². The molecule has 0 spiro atoms. The molecule has 0 aliphatic carbocycles. The molecule has 0 fully saturated rings. The number of nitrogens with zero attached hydrogens (tertiary/aromatic N) is 3. The number of aliphatic hydroxyl groups is 1. The van der Waals surface area contributed by atoms with Crippen LogP contribution in [0.25, 0.3) is 0 Å². The van der Waals surface area contributed by atoms with E-state index in [9.17, 15) is 5.11 Å². The number of hydrogen-bond acceptors (Lipinski definition) is 3. The van der Waals surface area contributed by atoms with Crippen LogP contribution in [0.15, 0.2) is 30.7 Å². The van der Waals surface area contributed by atoms with Gasteiger partial charge in [0.2, 0.25) is 0 Å². The van der Waals surface area contributed by atoms with Crippen LogP contribution in [0.1, 0.15) is 17.4 Å². The summed E-state index contributed by atoms with van der Waals surface area (Å²) in [5, 5.41) is 14.7. The monoisotopic (exact) mass is 237 g/mol. The Morgan fingerprint density at radius 1 is 1.50 bits per heavy atom. The molecule has 0 aliphatic rings. The van der Waals surface area contributed by atoms with Crippen LogP contribution >= 0.6 is 11.6 Å². The van der Waals surface area contributed by atoms with Gasteiger partial charge in [0.1, 0.15) is 6.10 Å². The lowest BCUT2D eigenvalue weighted by molar-refractivity contribution is 0.173. The number of halogens is 1. The first-order valence-corrected chi connectivity index (χ1v) is 5.30. The summed E-state index contributed by atoms with van der Waals surface area (Å²) in [6.07, 6.45) is 4.83. The number of aryl methyl sites for hydroxylation is 1. The first kappa shape index (κ1) is 11.1. The van der Waals surface area contributed by atoms with Gasteiger partial charge in [-0.25, -0.2) is 0 Å². The average Bonchev–Trinajstić information content (AvgIpc) is 2.68. The topological polar surface area (TPSA) is 50.9 Å². The van der Waals surface area contributed by atoms with E-state index in [1.807, 2.05) is 7.05 Å². The molecule has 1 unspecified atom stereocenters. The highest BCUT2D eigenvalue weighted by Crippen LogP contribution is 2.21. The highest BCUT2D eigenvalue weighted by molar-refractivity contribution is 6.31. The van der Waals surface area contributed by atoms with E-state index < -0.39 is 6.10 Å². The van der Waals surface area contributed by atoms with Crippen LogP contribution in [-0.2, 0) is 13.5 Å². The predicted octanol–water partition coefficient (Wildman–Crippen LogP) is 1.74. The minimum atomic E-state index is -0.638. The van der Waals surface area contributed by atoms with Crippen LogP contribution in [0.4, 0.5) is 0 Å². The van der Waals surface area contributed by atoms with Crippen LogP contribution in [0.3, 0.4) is 0 Å². The molecule has 2 aromatic heterocycles. The number of pyridine rings is 1. The maximum Gasteiger partial charge on any atom is 0.102 e. The normalized spacial score (nSPS) is 12.7. The summed E-state index contributed by atoms with van der Waals surface area (Å²) < 4.78 is 1.66. The van der Waals surface area contributed by atoms with E-state index in [0.717, 1.165) is 5.56 Å². The molecular formula is C11H12ClN3O. The van der Waals surface area contributed by atoms with Crippen molar-refractivity contribution < 1.29 is 5.11 Å². The molecule has 0 amide bonds. The Morgan fingerprint density at radius 3 is 2.94 bits per heavy atom. The minimum absolute atomic E-state index is 0.443. The summed E-state index contributed by atoms with van der Waals surface area (Å²) in [4.78, 5) is 3.90. The molecule has 0 saturated heterocycles. The lowest BCUT2D eigenvalue weighted by atomic mass is 10.1. The van der Waals surface area contributed by atoms with Crippen LogP contribution in [0, 0.1) is 0 Å². The van der Waals surface area contributed by atoms with Gasteiger partial charge in [-0.1, -0.05) is 11.6 Å². The molecular weight excluding hydrogens is 226 g/mol. The maximum atomic E-state index is 9.96. The summed E-state index contributed by atoms with van der Waals surface area (Å²) in [7, 11) is 1.82. The standard InChI is InChI=1S/C11H12ClN3O/c1-15-5-3-10(14-15)11(16)6-8-2-4-13-7-9(8)12/h2-5,7,11,16H,6H2,1H3. The summed E-state index contributed by atoms with van der Waals surface area (Å²) >= 11 is 5.96. The SMILES string of the molecule is Cn1ccc(C(O)Cc2ccncc2Cl)n1. The molecule has 0 aliphatic heterocycles. The fourth-order valence-electron chi connectivity index (χ4n) is 1.49. The van der Waals surface area contributed by atoms with Gasteiger partial charge < -0.3 is 5.11 Å². The molecule has 16 heavy (non-hydrogen) atoms. The summed E-state index contributed by atoms with van der Waals surface area (Å²) in [5.41, 5.74) is 1.52. The number of aromatic nitrogens is 3. The Hall–Kier alpha value is -1.39. The number of aliphatic hydroxyl groups excluding tert-OH is 1. The van der Waals surface area contributed by atoms with Crippen molar-refractivity contribution in [1.29, 1.82) is 0 Å². The van der Waals surface area contributed by atoms with Crippen LogP contribution < -0.4 is 0 Å². The fourth-order valence-corrected chi connectivity index (χ4v) is 1.69. The van der Waals surface area contributed by atoms with E-state index in [-0.39, 0.29) is 0 Å². The van der Waals surface area contributed by atoms with E-state index in [4.69, 9.17) is 11.6 Å². The van der Waals surface area contributed by atoms with Gasteiger partial charge in [-0.3, -0.25) is 9.67 Å². The first-order valence-electron chi connectivity index (χ1n) is 4.93. The van der Waals surface area contributed by atoms with Gasteiger partial charge in [0, 0.05) is 32.1 Å². The highest BCUT2D eigenvalue weighted by Gasteiger charge is 2.12. The third kappa shape index (κ3) is 2.40. The van der Waals surface area contributed by atoms with E-state index in [2.05, 4.69) is 10.1 Å². The maximum absolute atomic E-state index is 9.96. The molecule has 2 aromatic rings. The molecule has 0 saturated carbocycles. The second kappa shape index (κ2) is 4.63. The molecule has 2 heterocycles. The van der Waals surface area contributed by atoms with Crippen molar-refractivity contribution in [3.05, 3.63) is 47.0 Å². The Labute approximate surface area is 98.5 Å². The lowest BCUT2D eigenvalue weighted by Crippen LogP contribution is -2.04. The minimum Gasteiger partial charge on any atom is -0.386 e. The second-order valence-corrected chi connectivity index (χ2v) is 4.01. The second-order valence-electron chi connectivity index (χ2n) is 3.60. The van der Waals surface area contributed by atoms with Crippen LogP contribution in [0.5, 0.6) is 0 Å². The molecule has 0 radical (unpaired) electrons. The summed E-state index contributed by atoms with van der Waals surface area (Å²) in [6, 6.07) is 3.59. The number of rotatable bonds is 3. The molecule has 4 nitrogen and oxygen atoms in total. The highest BCUT2D eigenvalue weighted by atomic mass is 35.5. The Balaban J connectivity index is 2.13. The third-order valence-corrected chi connectivity index (χ3v) is 2.69. The molecule has 1 atom stereocenters. The Bertz CT molecular complexity index is 484. The van der Waals surface area contributed by atoms with E-state index in [1.165, 1.54) is 0 Å². The van der Waals surface area contributed by atoms with Gasteiger partial charge in [0.05, 0.1) is 10.7 Å². The average molecular weight is 238 g/mol.